The molecule has 0 aromatic heterocycles. The lowest BCUT2D eigenvalue weighted by Gasteiger charge is -2.38. The van der Waals surface area contributed by atoms with Gasteiger partial charge in [-0.2, -0.15) is 0 Å². The van der Waals surface area contributed by atoms with Crippen molar-refractivity contribution in [3.63, 3.8) is 0 Å². The van der Waals surface area contributed by atoms with Gasteiger partial charge in [0.2, 0.25) is 11.8 Å². The first-order chi connectivity index (χ1) is 11.9. The molecule has 3 heterocycles. The van der Waals surface area contributed by atoms with Gasteiger partial charge in [0, 0.05) is 32.2 Å². The minimum Gasteiger partial charge on any atom is -0.297 e. The highest BCUT2D eigenvalue weighted by atomic mass is 32.2. The van der Waals surface area contributed by atoms with E-state index < -0.39 is 9.84 Å². The van der Waals surface area contributed by atoms with Gasteiger partial charge in [-0.3, -0.25) is 24.3 Å². The number of fused-ring (bicyclic) bond motifs is 1. The van der Waals surface area contributed by atoms with Gasteiger partial charge in [-0.25, -0.2) is 8.42 Å². The van der Waals surface area contributed by atoms with Crippen molar-refractivity contribution in [1.29, 1.82) is 0 Å². The van der Waals surface area contributed by atoms with E-state index in [4.69, 9.17) is 0 Å². The zero-order valence-corrected chi connectivity index (χ0v) is 15.2. The number of carbonyl (C=O) groups is 2. The van der Waals surface area contributed by atoms with Crippen molar-refractivity contribution in [2.45, 2.75) is 25.3 Å². The summed E-state index contributed by atoms with van der Waals surface area (Å²) in [5.41, 5.74) is 0. The average molecular weight is 367 g/mol. The zero-order chi connectivity index (χ0) is 17.6. The Kier molecular flexibility index (Phi) is 4.45. The molecular formula is C17H25N3O4S. The van der Waals surface area contributed by atoms with Crippen molar-refractivity contribution in [2.24, 2.45) is 11.8 Å². The lowest BCUT2D eigenvalue weighted by atomic mass is 9.85. The SMILES string of the molecule is O=C1[C@@H]2CC=CC[C@H]2C(=O)N1CN1CCN([C@@H]2CCS(=O)(=O)C2)CC1. The maximum absolute atomic E-state index is 12.5. The molecule has 2 amide bonds. The van der Waals surface area contributed by atoms with Crippen molar-refractivity contribution >= 4 is 21.7 Å². The maximum Gasteiger partial charge on any atom is 0.234 e. The standard InChI is InChI=1S/C17H25N3O4S/c21-16-14-3-1-2-4-15(14)17(22)20(16)12-18-6-8-19(9-7-18)13-5-10-25(23,24)11-13/h1-2,13-15H,3-12H2/t13-,14-,15-/m1/s1. The lowest BCUT2D eigenvalue weighted by Crippen LogP contribution is -2.53. The second-order valence-corrected chi connectivity index (χ2v) is 9.84. The Morgan fingerprint density at radius 2 is 1.56 bits per heavy atom. The van der Waals surface area contributed by atoms with Crippen molar-refractivity contribution in [1.82, 2.24) is 14.7 Å². The molecule has 0 aromatic rings. The molecule has 3 fully saturated rings. The van der Waals surface area contributed by atoms with Gasteiger partial charge < -0.3 is 0 Å². The number of allylic oxidation sites excluding steroid dienone is 2. The predicted molar refractivity (Wildman–Crippen MR) is 92.3 cm³/mol. The quantitative estimate of drug-likeness (QED) is 0.503. The van der Waals surface area contributed by atoms with Gasteiger partial charge in [0.05, 0.1) is 30.0 Å². The number of piperazine rings is 1. The van der Waals surface area contributed by atoms with Crippen LogP contribution in [0.25, 0.3) is 0 Å². The minimum atomic E-state index is -2.86. The number of sulfone groups is 1. The van der Waals surface area contributed by atoms with Crippen LogP contribution in [-0.4, -0.2) is 85.3 Å². The highest BCUT2D eigenvalue weighted by Gasteiger charge is 2.47. The van der Waals surface area contributed by atoms with Crippen LogP contribution in [0.15, 0.2) is 12.2 Å². The van der Waals surface area contributed by atoms with Crippen LogP contribution in [0.1, 0.15) is 19.3 Å². The summed E-state index contributed by atoms with van der Waals surface area (Å²) in [7, 11) is -2.86. The lowest BCUT2D eigenvalue weighted by molar-refractivity contribution is -0.142. The molecule has 8 heteroatoms. The molecule has 0 bridgehead atoms. The third-order valence-electron chi connectivity index (χ3n) is 6.07. The fraction of sp³-hybridized carbons (Fsp3) is 0.765. The number of hydrogen-bond donors (Lipinski definition) is 0. The summed E-state index contributed by atoms with van der Waals surface area (Å²) < 4.78 is 23.3. The van der Waals surface area contributed by atoms with E-state index >= 15 is 0 Å². The number of likely N-dealkylation sites (tertiary alicyclic amines) is 1. The molecule has 138 valence electrons. The summed E-state index contributed by atoms with van der Waals surface area (Å²) >= 11 is 0. The van der Waals surface area contributed by atoms with Gasteiger partial charge in [0.25, 0.3) is 0 Å². The van der Waals surface area contributed by atoms with Gasteiger partial charge in [-0.15, -0.1) is 0 Å². The van der Waals surface area contributed by atoms with E-state index in [1.54, 1.807) is 0 Å². The molecule has 1 aliphatic carbocycles. The van der Waals surface area contributed by atoms with Crippen LogP contribution in [0.2, 0.25) is 0 Å². The second-order valence-electron chi connectivity index (χ2n) is 7.61. The third kappa shape index (κ3) is 3.27. The topological polar surface area (TPSA) is 78.0 Å². The summed E-state index contributed by atoms with van der Waals surface area (Å²) in [5.74, 6) is 0.190. The van der Waals surface area contributed by atoms with E-state index in [2.05, 4.69) is 9.80 Å². The number of rotatable bonds is 3. The maximum atomic E-state index is 12.5. The Bertz CT molecular complexity index is 671. The summed E-state index contributed by atoms with van der Waals surface area (Å²) in [5, 5.41) is 0. The number of carbonyl (C=O) groups excluding carboxylic acids is 2. The predicted octanol–water partition coefficient (Wildman–Crippen LogP) is -0.300. The molecule has 0 radical (unpaired) electrons. The van der Waals surface area contributed by atoms with Crippen LogP contribution in [-0.2, 0) is 19.4 Å². The largest absolute Gasteiger partial charge is 0.297 e. The average Bonchev–Trinajstić information content (AvgIpc) is 3.09. The molecule has 3 atom stereocenters. The van der Waals surface area contributed by atoms with Crippen molar-refractivity contribution in [2.75, 3.05) is 44.4 Å². The molecule has 4 rings (SSSR count). The fourth-order valence-corrected chi connectivity index (χ4v) is 6.30. The van der Waals surface area contributed by atoms with Crippen LogP contribution < -0.4 is 0 Å². The molecule has 0 N–H and O–H groups in total. The van der Waals surface area contributed by atoms with Crippen LogP contribution in [0.4, 0.5) is 0 Å². The number of amides is 2. The second kappa shape index (κ2) is 6.48. The molecule has 0 unspecified atom stereocenters. The first-order valence-corrected chi connectivity index (χ1v) is 10.9. The summed E-state index contributed by atoms with van der Waals surface area (Å²) in [4.78, 5) is 30.9. The van der Waals surface area contributed by atoms with Crippen LogP contribution in [0.3, 0.4) is 0 Å². The van der Waals surface area contributed by atoms with Crippen LogP contribution in [0, 0.1) is 11.8 Å². The molecule has 7 nitrogen and oxygen atoms in total. The Balaban J connectivity index is 1.32. The van der Waals surface area contributed by atoms with Gasteiger partial charge in [0.1, 0.15) is 0 Å². The van der Waals surface area contributed by atoms with Gasteiger partial charge in [-0.05, 0) is 19.3 Å². The Morgan fingerprint density at radius 3 is 2.08 bits per heavy atom. The molecule has 0 spiro atoms. The van der Waals surface area contributed by atoms with Crippen LogP contribution in [0.5, 0.6) is 0 Å². The molecule has 0 aromatic carbocycles. The van der Waals surface area contributed by atoms with Gasteiger partial charge in [0.15, 0.2) is 9.84 Å². The summed E-state index contributed by atoms with van der Waals surface area (Å²) in [6.45, 7) is 3.50. The van der Waals surface area contributed by atoms with Crippen molar-refractivity contribution in [3.8, 4) is 0 Å². The van der Waals surface area contributed by atoms with E-state index in [-0.39, 0.29) is 35.4 Å². The molecule has 0 saturated carbocycles. The van der Waals surface area contributed by atoms with E-state index in [0.717, 1.165) is 32.6 Å². The first-order valence-electron chi connectivity index (χ1n) is 9.12. The first kappa shape index (κ1) is 17.2. The fourth-order valence-electron chi connectivity index (χ4n) is 4.54. The van der Waals surface area contributed by atoms with Gasteiger partial charge >= 0.3 is 0 Å². The third-order valence-corrected chi connectivity index (χ3v) is 7.82. The van der Waals surface area contributed by atoms with Crippen molar-refractivity contribution in [3.05, 3.63) is 12.2 Å². The monoisotopic (exact) mass is 367 g/mol. The minimum absolute atomic E-state index is 0.0244. The molecule has 3 aliphatic heterocycles. The summed E-state index contributed by atoms with van der Waals surface area (Å²) in [6.07, 6.45) is 6.08. The number of imide groups is 1. The zero-order valence-electron chi connectivity index (χ0n) is 14.3. The van der Waals surface area contributed by atoms with E-state index in [1.165, 1.54) is 4.90 Å². The molecule has 3 saturated heterocycles. The smallest absolute Gasteiger partial charge is 0.234 e. The highest BCUT2D eigenvalue weighted by molar-refractivity contribution is 7.91. The molecular weight excluding hydrogens is 342 g/mol. The van der Waals surface area contributed by atoms with Crippen molar-refractivity contribution < 1.29 is 18.0 Å². The Hall–Kier alpha value is -1.25. The molecule has 4 aliphatic rings. The van der Waals surface area contributed by atoms with Gasteiger partial charge in [-0.1, -0.05) is 12.2 Å². The van der Waals surface area contributed by atoms with E-state index in [0.29, 0.717) is 25.3 Å². The Labute approximate surface area is 148 Å². The summed E-state index contributed by atoms with van der Waals surface area (Å²) in [6, 6.07) is 0.135. The van der Waals surface area contributed by atoms with E-state index in [9.17, 15) is 18.0 Å². The molecule has 25 heavy (non-hydrogen) atoms. The number of nitrogens with zero attached hydrogens (tertiary/aromatic N) is 3. The highest BCUT2D eigenvalue weighted by Crippen LogP contribution is 2.35. The normalized spacial score (nSPS) is 36.2. The van der Waals surface area contributed by atoms with E-state index in [1.807, 2.05) is 12.2 Å². The number of hydrogen-bond acceptors (Lipinski definition) is 6. The Morgan fingerprint density at radius 1 is 0.960 bits per heavy atom. The van der Waals surface area contributed by atoms with Crippen LogP contribution >= 0.6 is 0 Å².